The van der Waals surface area contributed by atoms with Crippen LogP contribution in [0.5, 0.6) is 0 Å². The summed E-state index contributed by atoms with van der Waals surface area (Å²) in [6, 6.07) is 3.42. The van der Waals surface area contributed by atoms with Crippen molar-refractivity contribution in [1.82, 2.24) is 4.72 Å². The van der Waals surface area contributed by atoms with Gasteiger partial charge in [-0.1, -0.05) is 25.7 Å². The highest BCUT2D eigenvalue weighted by atomic mass is 32.2. The van der Waals surface area contributed by atoms with E-state index in [9.17, 15) is 8.42 Å². The molecular formula is C16H26N2O2S. The number of aryl methyl sites for hydroxylation is 2. The van der Waals surface area contributed by atoms with E-state index in [0.717, 1.165) is 18.8 Å². The summed E-state index contributed by atoms with van der Waals surface area (Å²) < 4.78 is 27.6. The topological polar surface area (TPSA) is 72.2 Å². The molecular weight excluding hydrogens is 284 g/mol. The van der Waals surface area contributed by atoms with Crippen LogP contribution in [0, 0.1) is 19.8 Å². The van der Waals surface area contributed by atoms with E-state index in [-0.39, 0.29) is 0 Å². The van der Waals surface area contributed by atoms with E-state index < -0.39 is 10.0 Å². The number of nitrogen functional groups attached to an aromatic ring is 1. The van der Waals surface area contributed by atoms with Gasteiger partial charge >= 0.3 is 0 Å². The lowest BCUT2D eigenvalue weighted by Gasteiger charge is -2.14. The van der Waals surface area contributed by atoms with Crippen LogP contribution >= 0.6 is 0 Å². The van der Waals surface area contributed by atoms with Gasteiger partial charge in [0.25, 0.3) is 0 Å². The zero-order valence-electron chi connectivity index (χ0n) is 13.0. The van der Waals surface area contributed by atoms with Gasteiger partial charge in [-0.05, 0) is 55.9 Å². The zero-order chi connectivity index (χ0) is 15.5. The summed E-state index contributed by atoms with van der Waals surface area (Å²) in [4.78, 5) is 0.373. The van der Waals surface area contributed by atoms with Crippen molar-refractivity contribution in [2.45, 2.75) is 57.3 Å². The first-order valence-electron chi connectivity index (χ1n) is 7.76. The molecule has 2 rings (SSSR count). The first kappa shape index (κ1) is 16.3. The van der Waals surface area contributed by atoms with Gasteiger partial charge in [-0.25, -0.2) is 13.1 Å². The van der Waals surface area contributed by atoms with E-state index in [0.29, 0.717) is 28.3 Å². The van der Waals surface area contributed by atoms with Gasteiger partial charge < -0.3 is 5.73 Å². The Labute approximate surface area is 128 Å². The average Bonchev–Trinajstić information content (AvgIpc) is 2.86. The van der Waals surface area contributed by atoms with Gasteiger partial charge in [0.05, 0.1) is 4.90 Å². The van der Waals surface area contributed by atoms with Crippen LogP contribution in [0.2, 0.25) is 0 Å². The highest BCUT2D eigenvalue weighted by Crippen LogP contribution is 2.28. The summed E-state index contributed by atoms with van der Waals surface area (Å²) in [5, 5.41) is 0. The van der Waals surface area contributed by atoms with Gasteiger partial charge in [-0.3, -0.25) is 0 Å². The van der Waals surface area contributed by atoms with Crippen molar-refractivity contribution in [2.75, 3.05) is 12.3 Å². The lowest BCUT2D eigenvalue weighted by Crippen LogP contribution is -2.26. The quantitative estimate of drug-likeness (QED) is 0.626. The standard InChI is InChI=1S/C16H26N2O2S/c1-12-10-15(17)11-13(2)16(12)21(19,20)18-9-5-8-14-6-3-4-7-14/h10-11,14,18H,3-9,17H2,1-2H3. The van der Waals surface area contributed by atoms with Crippen molar-refractivity contribution in [3.63, 3.8) is 0 Å². The van der Waals surface area contributed by atoms with Crippen molar-refractivity contribution in [3.05, 3.63) is 23.3 Å². The third-order valence-corrected chi connectivity index (χ3v) is 6.07. The minimum absolute atomic E-state index is 0.373. The Hall–Kier alpha value is -1.07. The fourth-order valence-corrected chi connectivity index (χ4v) is 4.90. The number of hydrogen-bond donors (Lipinski definition) is 2. The lowest BCUT2D eigenvalue weighted by molar-refractivity contribution is 0.480. The summed E-state index contributed by atoms with van der Waals surface area (Å²) in [6.45, 7) is 4.09. The van der Waals surface area contributed by atoms with E-state index in [1.165, 1.54) is 25.7 Å². The molecule has 1 aromatic rings. The minimum atomic E-state index is -3.44. The van der Waals surface area contributed by atoms with Gasteiger partial charge in [0.15, 0.2) is 0 Å². The van der Waals surface area contributed by atoms with Gasteiger partial charge in [0.1, 0.15) is 0 Å². The van der Waals surface area contributed by atoms with Gasteiger partial charge in [0, 0.05) is 12.2 Å². The number of benzene rings is 1. The molecule has 0 unspecified atom stereocenters. The fraction of sp³-hybridized carbons (Fsp3) is 0.625. The lowest BCUT2D eigenvalue weighted by atomic mass is 10.0. The van der Waals surface area contributed by atoms with E-state index in [4.69, 9.17) is 5.73 Å². The molecule has 5 heteroatoms. The van der Waals surface area contributed by atoms with Crippen LogP contribution in [0.25, 0.3) is 0 Å². The second-order valence-corrected chi connectivity index (χ2v) is 7.88. The fourth-order valence-electron chi connectivity index (χ4n) is 3.38. The van der Waals surface area contributed by atoms with Crippen LogP contribution in [0.4, 0.5) is 5.69 Å². The molecule has 1 fully saturated rings. The molecule has 0 amide bonds. The molecule has 0 spiro atoms. The molecule has 0 atom stereocenters. The van der Waals surface area contributed by atoms with Crippen molar-refractivity contribution in [3.8, 4) is 0 Å². The van der Waals surface area contributed by atoms with E-state index in [1.54, 1.807) is 26.0 Å². The number of nitrogens with two attached hydrogens (primary N) is 1. The summed E-state index contributed by atoms with van der Waals surface area (Å²) in [6.07, 6.45) is 7.32. The normalized spacial score (nSPS) is 16.5. The van der Waals surface area contributed by atoms with Crippen LogP contribution in [-0.4, -0.2) is 15.0 Å². The Kier molecular flexibility index (Phi) is 5.27. The third kappa shape index (κ3) is 4.20. The van der Waals surface area contributed by atoms with Crippen LogP contribution in [-0.2, 0) is 10.0 Å². The molecule has 3 N–H and O–H groups in total. The highest BCUT2D eigenvalue weighted by Gasteiger charge is 2.20. The maximum absolute atomic E-state index is 12.4. The second kappa shape index (κ2) is 6.79. The monoisotopic (exact) mass is 310 g/mol. The summed E-state index contributed by atoms with van der Waals surface area (Å²) >= 11 is 0. The van der Waals surface area contributed by atoms with Crippen LogP contribution in [0.1, 0.15) is 49.7 Å². The number of sulfonamides is 1. The third-order valence-electron chi connectivity index (χ3n) is 4.31. The first-order chi connectivity index (χ1) is 9.90. The minimum Gasteiger partial charge on any atom is -0.399 e. The number of nitrogens with one attached hydrogen (secondary N) is 1. The number of hydrogen-bond acceptors (Lipinski definition) is 3. The van der Waals surface area contributed by atoms with Crippen LogP contribution in [0.3, 0.4) is 0 Å². The molecule has 1 aromatic carbocycles. The van der Waals surface area contributed by atoms with Gasteiger partial charge in [-0.2, -0.15) is 0 Å². The Bertz CT molecular complexity index is 567. The molecule has 118 valence electrons. The van der Waals surface area contributed by atoms with Crippen molar-refractivity contribution >= 4 is 15.7 Å². The Morgan fingerprint density at radius 3 is 2.33 bits per heavy atom. The van der Waals surface area contributed by atoms with Crippen molar-refractivity contribution in [1.29, 1.82) is 0 Å². The summed E-state index contributed by atoms with van der Waals surface area (Å²) in [5.41, 5.74) is 7.76. The number of anilines is 1. The van der Waals surface area contributed by atoms with E-state index in [1.807, 2.05) is 0 Å². The number of rotatable bonds is 6. The van der Waals surface area contributed by atoms with Crippen LogP contribution in [0.15, 0.2) is 17.0 Å². The Morgan fingerprint density at radius 2 is 1.76 bits per heavy atom. The summed E-state index contributed by atoms with van der Waals surface area (Å²) in [7, 11) is -3.44. The Morgan fingerprint density at radius 1 is 1.19 bits per heavy atom. The molecule has 1 aliphatic carbocycles. The molecule has 0 radical (unpaired) electrons. The van der Waals surface area contributed by atoms with Crippen LogP contribution < -0.4 is 10.5 Å². The molecule has 0 saturated heterocycles. The molecule has 0 heterocycles. The molecule has 4 nitrogen and oxygen atoms in total. The van der Waals surface area contributed by atoms with E-state index in [2.05, 4.69) is 4.72 Å². The zero-order valence-corrected chi connectivity index (χ0v) is 13.8. The maximum Gasteiger partial charge on any atom is 0.241 e. The maximum atomic E-state index is 12.4. The molecule has 1 aliphatic rings. The SMILES string of the molecule is Cc1cc(N)cc(C)c1S(=O)(=O)NCCCC1CCCC1. The second-order valence-electron chi connectivity index (χ2n) is 6.17. The first-order valence-corrected chi connectivity index (χ1v) is 9.25. The molecule has 21 heavy (non-hydrogen) atoms. The van der Waals surface area contributed by atoms with Crippen molar-refractivity contribution < 1.29 is 8.42 Å². The largest absolute Gasteiger partial charge is 0.399 e. The smallest absolute Gasteiger partial charge is 0.241 e. The average molecular weight is 310 g/mol. The van der Waals surface area contributed by atoms with Gasteiger partial charge in [-0.15, -0.1) is 0 Å². The highest BCUT2D eigenvalue weighted by molar-refractivity contribution is 7.89. The predicted octanol–water partition coefficient (Wildman–Crippen LogP) is 3.13. The Balaban J connectivity index is 1.95. The van der Waals surface area contributed by atoms with Gasteiger partial charge in [0.2, 0.25) is 10.0 Å². The summed E-state index contributed by atoms with van der Waals surface area (Å²) in [5.74, 6) is 0.800. The molecule has 0 aliphatic heterocycles. The van der Waals surface area contributed by atoms with E-state index >= 15 is 0 Å². The molecule has 0 bridgehead atoms. The molecule has 1 saturated carbocycles. The van der Waals surface area contributed by atoms with Crippen molar-refractivity contribution in [2.24, 2.45) is 5.92 Å². The predicted molar refractivity (Wildman–Crippen MR) is 86.7 cm³/mol. The molecule has 0 aromatic heterocycles.